The molecular weight excluding hydrogens is 352 g/mol. The third kappa shape index (κ3) is 2.85. The van der Waals surface area contributed by atoms with E-state index in [1.165, 1.54) is 44.9 Å². The van der Waals surface area contributed by atoms with Crippen molar-refractivity contribution >= 4 is 11.0 Å². The molecule has 0 unspecified atom stereocenters. The molecule has 0 bridgehead atoms. The van der Waals surface area contributed by atoms with E-state index >= 15 is 0 Å². The summed E-state index contributed by atoms with van der Waals surface area (Å²) >= 11 is 0. The fourth-order valence-electron chi connectivity index (χ4n) is 4.27. The number of para-hydroxylation sites is 4. The monoisotopic (exact) mass is 375 g/mol. The molecule has 0 atom stereocenters. The lowest BCUT2D eigenvalue weighted by molar-refractivity contribution is -0.574. The Kier molecular flexibility index (Phi) is 4.25. The van der Waals surface area contributed by atoms with Crippen molar-refractivity contribution in [2.24, 2.45) is 0 Å². The summed E-state index contributed by atoms with van der Waals surface area (Å²) in [5.41, 5.74) is 8.58. The molecule has 0 saturated carbocycles. The number of aryl methyl sites for hydroxylation is 1. The topological polar surface area (TPSA) is 8.81 Å². The maximum Gasteiger partial charge on any atom is 0.264 e. The van der Waals surface area contributed by atoms with E-state index in [0.29, 0.717) is 0 Å². The Bertz CT molecular complexity index is 1310. The summed E-state index contributed by atoms with van der Waals surface area (Å²) in [5, 5.41) is 0. The van der Waals surface area contributed by atoms with Gasteiger partial charge in [0.15, 0.2) is 11.0 Å². The summed E-state index contributed by atoms with van der Waals surface area (Å²) in [5.74, 6) is 1.18. The minimum atomic E-state index is 1.17. The van der Waals surface area contributed by atoms with Gasteiger partial charge >= 0.3 is 0 Å². The van der Waals surface area contributed by atoms with Gasteiger partial charge in [0.2, 0.25) is 0 Å². The summed E-state index contributed by atoms with van der Waals surface area (Å²) in [6.45, 7) is 4.37. The molecule has 140 valence electrons. The Hall–Kier alpha value is -3.65. The number of hydrogen-bond acceptors (Lipinski definition) is 0. The van der Waals surface area contributed by atoms with Crippen LogP contribution in [0, 0.1) is 13.8 Å². The van der Waals surface area contributed by atoms with Gasteiger partial charge in [0.05, 0.1) is 0 Å². The number of rotatable bonds is 3. The molecule has 5 aromatic rings. The number of imidazole rings is 1. The standard InChI is InChI=1S/C27H23N2/c1-20-12-6-7-15-23(20)24-16-8-9-17-25(24)29-21(2)28(22-13-4-3-5-14-22)26-18-10-11-19-27(26)29/h3-19H,1-2H3/q+1. The van der Waals surface area contributed by atoms with Gasteiger partial charge in [-0.05, 0) is 48.4 Å². The van der Waals surface area contributed by atoms with Crippen LogP contribution in [-0.2, 0) is 0 Å². The van der Waals surface area contributed by atoms with Gasteiger partial charge in [-0.15, -0.1) is 0 Å². The normalized spacial score (nSPS) is 11.1. The van der Waals surface area contributed by atoms with Gasteiger partial charge in [0, 0.05) is 12.5 Å². The van der Waals surface area contributed by atoms with E-state index in [2.05, 4.69) is 126 Å². The van der Waals surface area contributed by atoms with Crippen molar-refractivity contribution in [3.63, 3.8) is 0 Å². The van der Waals surface area contributed by atoms with Crippen LogP contribution in [0.15, 0.2) is 103 Å². The molecule has 2 nitrogen and oxygen atoms in total. The quantitative estimate of drug-likeness (QED) is 0.332. The first kappa shape index (κ1) is 17.4. The van der Waals surface area contributed by atoms with Gasteiger partial charge in [0.1, 0.15) is 11.4 Å². The second kappa shape index (κ2) is 7.06. The minimum absolute atomic E-state index is 1.17. The van der Waals surface area contributed by atoms with Crippen molar-refractivity contribution in [1.82, 2.24) is 4.57 Å². The maximum atomic E-state index is 2.38. The van der Waals surface area contributed by atoms with Crippen molar-refractivity contribution in [3.05, 3.63) is 115 Å². The molecule has 29 heavy (non-hydrogen) atoms. The summed E-state index contributed by atoms with van der Waals surface area (Å²) in [7, 11) is 0. The van der Waals surface area contributed by atoms with E-state index in [4.69, 9.17) is 0 Å². The predicted molar refractivity (Wildman–Crippen MR) is 120 cm³/mol. The molecule has 4 aromatic carbocycles. The van der Waals surface area contributed by atoms with Gasteiger partial charge in [0.25, 0.3) is 5.82 Å². The number of hydrogen-bond donors (Lipinski definition) is 0. The average molecular weight is 375 g/mol. The first-order chi connectivity index (χ1) is 14.3. The Morgan fingerprint density at radius 2 is 1.21 bits per heavy atom. The highest BCUT2D eigenvalue weighted by molar-refractivity contribution is 5.78. The van der Waals surface area contributed by atoms with Gasteiger partial charge in [-0.3, -0.25) is 0 Å². The Labute approximate surface area is 171 Å². The van der Waals surface area contributed by atoms with Crippen LogP contribution in [0.1, 0.15) is 11.4 Å². The van der Waals surface area contributed by atoms with Crippen LogP contribution in [0.4, 0.5) is 0 Å². The average Bonchev–Trinajstić information content (AvgIpc) is 3.06. The number of nitrogens with zero attached hydrogens (tertiary/aromatic N) is 2. The minimum Gasteiger partial charge on any atom is -0.192 e. The molecule has 0 fully saturated rings. The molecule has 0 saturated heterocycles. The molecule has 0 N–H and O–H groups in total. The van der Waals surface area contributed by atoms with E-state index in [0.717, 1.165) is 0 Å². The van der Waals surface area contributed by atoms with E-state index in [9.17, 15) is 0 Å². The lowest BCUT2D eigenvalue weighted by Gasteiger charge is -2.10. The summed E-state index contributed by atoms with van der Waals surface area (Å²) < 4.78 is 4.72. The molecule has 2 heteroatoms. The largest absolute Gasteiger partial charge is 0.264 e. The Balaban J connectivity index is 1.85. The first-order valence-corrected chi connectivity index (χ1v) is 9.98. The Morgan fingerprint density at radius 3 is 2.00 bits per heavy atom. The van der Waals surface area contributed by atoms with Gasteiger partial charge in [-0.25, -0.2) is 0 Å². The van der Waals surface area contributed by atoms with E-state index < -0.39 is 0 Å². The first-order valence-electron chi connectivity index (χ1n) is 9.98. The Morgan fingerprint density at radius 1 is 0.586 bits per heavy atom. The molecule has 1 aromatic heterocycles. The molecule has 0 aliphatic rings. The summed E-state index contributed by atoms with van der Waals surface area (Å²) in [6.07, 6.45) is 0. The number of aromatic nitrogens is 2. The highest BCUT2D eigenvalue weighted by Gasteiger charge is 2.26. The third-order valence-electron chi connectivity index (χ3n) is 5.61. The molecule has 1 heterocycles. The van der Waals surface area contributed by atoms with Crippen LogP contribution in [-0.4, -0.2) is 4.57 Å². The smallest absolute Gasteiger partial charge is 0.192 e. The van der Waals surface area contributed by atoms with E-state index in [1.54, 1.807) is 0 Å². The fraction of sp³-hybridized carbons (Fsp3) is 0.0741. The molecule has 0 aliphatic carbocycles. The molecule has 0 spiro atoms. The van der Waals surface area contributed by atoms with Crippen molar-refractivity contribution in [3.8, 4) is 22.5 Å². The van der Waals surface area contributed by atoms with Crippen molar-refractivity contribution < 1.29 is 4.57 Å². The van der Waals surface area contributed by atoms with Crippen LogP contribution in [0.2, 0.25) is 0 Å². The van der Waals surface area contributed by atoms with Crippen LogP contribution >= 0.6 is 0 Å². The summed E-state index contributed by atoms with van der Waals surface area (Å²) in [6, 6.07) is 36.5. The third-order valence-corrected chi connectivity index (χ3v) is 5.61. The lowest BCUT2D eigenvalue weighted by Crippen LogP contribution is -2.34. The molecule has 0 radical (unpaired) electrons. The van der Waals surface area contributed by atoms with Gasteiger partial charge in [-0.1, -0.05) is 72.8 Å². The number of fused-ring (bicyclic) bond motifs is 1. The highest BCUT2D eigenvalue weighted by atomic mass is 15.2. The van der Waals surface area contributed by atoms with Crippen LogP contribution in [0.25, 0.3) is 33.5 Å². The van der Waals surface area contributed by atoms with E-state index in [-0.39, 0.29) is 0 Å². The van der Waals surface area contributed by atoms with Gasteiger partial charge in [-0.2, -0.15) is 9.13 Å². The zero-order valence-corrected chi connectivity index (χ0v) is 16.7. The predicted octanol–water partition coefficient (Wildman–Crippen LogP) is 6.19. The highest BCUT2D eigenvalue weighted by Crippen LogP contribution is 2.29. The maximum absolute atomic E-state index is 2.38. The SMILES string of the molecule is Cc1ccccc1-c1ccccc1-[n+]1c(C)n(-c2ccccc2)c2ccccc21. The van der Waals surface area contributed by atoms with Crippen LogP contribution in [0.3, 0.4) is 0 Å². The van der Waals surface area contributed by atoms with Crippen LogP contribution < -0.4 is 4.57 Å². The second-order valence-electron chi connectivity index (χ2n) is 7.37. The molecule has 0 amide bonds. The fourth-order valence-corrected chi connectivity index (χ4v) is 4.27. The zero-order valence-electron chi connectivity index (χ0n) is 16.7. The van der Waals surface area contributed by atoms with Crippen molar-refractivity contribution in [1.29, 1.82) is 0 Å². The second-order valence-corrected chi connectivity index (χ2v) is 7.37. The lowest BCUT2D eigenvalue weighted by atomic mass is 9.99. The van der Waals surface area contributed by atoms with E-state index in [1.807, 2.05) is 0 Å². The van der Waals surface area contributed by atoms with Crippen LogP contribution in [0.5, 0.6) is 0 Å². The van der Waals surface area contributed by atoms with Crippen molar-refractivity contribution in [2.45, 2.75) is 13.8 Å². The van der Waals surface area contributed by atoms with Crippen molar-refractivity contribution in [2.75, 3.05) is 0 Å². The molecular formula is C27H23N2+. The zero-order chi connectivity index (χ0) is 19.8. The molecule has 5 rings (SSSR count). The van der Waals surface area contributed by atoms with Gasteiger partial charge < -0.3 is 0 Å². The number of benzene rings is 4. The molecule has 0 aliphatic heterocycles. The summed E-state index contributed by atoms with van der Waals surface area (Å²) in [4.78, 5) is 0.